The van der Waals surface area contributed by atoms with Crippen LogP contribution in [0.2, 0.25) is 0 Å². The summed E-state index contributed by atoms with van der Waals surface area (Å²) in [6, 6.07) is 11.8. The summed E-state index contributed by atoms with van der Waals surface area (Å²) in [4.78, 5) is 26.6. The molecule has 2 aromatic rings. The van der Waals surface area contributed by atoms with Gasteiger partial charge in [0, 0.05) is 22.2 Å². The minimum Gasteiger partial charge on any atom is -0.497 e. The fourth-order valence-corrected chi connectivity index (χ4v) is 3.08. The molecule has 150 valence electrons. The van der Waals surface area contributed by atoms with Crippen molar-refractivity contribution in [3.8, 4) is 11.5 Å². The summed E-state index contributed by atoms with van der Waals surface area (Å²) in [5.41, 5.74) is 1.05. The Morgan fingerprint density at radius 1 is 1.00 bits per heavy atom. The van der Waals surface area contributed by atoms with Gasteiger partial charge in [0.2, 0.25) is 5.91 Å². The molecule has 0 saturated heterocycles. The highest BCUT2D eigenvalue weighted by Gasteiger charge is 2.25. The summed E-state index contributed by atoms with van der Waals surface area (Å²) in [5.74, 6) is 0.272. The van der Waals surface area contributed by atoms with Crippen molar-refractivity contribution < 1.29 is 19.1 Å². The summed E-state index contributed by atoms with van der Waals surface area (Å²) in [5, 5.41) is 5.70. The molecule has 1 atom stereocenters. The number of nitrogens with one attached hydrogen (secondary N) is 2. The van der Waals surface area contributed by atoms with E-state index in [-0.39, 0.29) is 17.7 Å². The number of rotatable bonds is 8. The van der Waals surface area contributed by atoms with E-state index in [9.17, 15) is 9.59 Å². The topological polar surface area (TPSA) is 76.7 Å². The minimum absolute atomic E-state index is 0.0970. The number of hydrogen-bond donors (Lipinski definition) is 2. The van der Waals surface area contributed by atoms with Gasteiger partial charge in [-0.15, -0.1) is 11.8 Å². The molecule has 2 aromatic carbocycles. The molecule has 0 bridgehead atoms. The maximum absolute atomic E-state index is 12.8. The van der Waals surface area contributed by atoms with Crippen LogP contribution in [0, 0.1) is 5.92 Å². The van der Waals surface area contributed by atoms with Crippen LogP contribution in [-0.4, -0.2) is 38.3 Å². The maximum Gasteiger partial charge on any atom is 0.252 e. The van der Waals surface area contributed by atoms with Crippen LogP contribution in [0.15, 0.2) is 47.4 Å². The summed E-state index contributed by atoms with van der Waals surface area (Å²) < 4.78 is 10.4. The van der Waals surface area contributed by atoms with Crippen LogP contribution < -0.4 is 20.1 Å². The third-order valence-electron chi connectivity index (χ3n) is 4.19. The van der Waals surface area contributed by atoms with Gasteiger partial charge in [-0.3, -0.25) is 9.59 Å². The second-order valence-corrected chi connectivity index (χ2v) is 7.40. The lowest BCUT2D eigenvalue weighted by Gasteiger charge is -2.22. The van der Waals surface area contributed by atoms with E-state index in [0.29, 0.717) is 22.7 Å². The molecule has 0 aliphatic rings. The first-order valence-corrected chi connectivity index (χ1v) is 10.1. The smallest absolute Gasteiger partial charge is 0.252 e. The van der Waals surface area contributed by atoms with E-state index in [2.05, 4.69) is 10.6 Å². The third-order valence-corrected chi connectivity index (χ3v) is 4.91. The monoisotopic (exact) mass is 402 g/mol. The van der Waals surface area contributed by atoms with Crippen molar-refractivity contribution in [1.29, 1.82) is 0 Å². The number of methoxy groups -OCH3 is 2. The van der Waals surface area contributed by atoms with Crippen LogP contribution in [0.25, 0.3) is 0 Å². The molecular weight excluding hydrogens is 376 g/mol. The van der Waals surface area contributed by atoms with E-state index in [4.69, 9.17) is 9.47 Å². The van der Waals surface area contributed by atoms with E-state index in [1.54, 1.807) is 30.0 Å². The van der Waals surface area contributed by atoms with E-state index in [1.165, 1.54) is 14.2 Å². The molecule has 0 spiro atoms. The molecule has 0 radical (unpaired) electrons. The van der Waals surface area contributed by atoms with Gasteiger partial charge in [-0.05, 0) is 42.5 Å². The highest BCUT2D eigenvalue weighted by atomic mass is 32.2. The number of carbonyl (C=O) groups is 2. The highest BCUT2D eigenvalue weighted by molar-refractivity contribution is 7.98. The van der Waals surface area contributed by atoms with Crippen LogP contribution in [-0.2, 0) is 4.79 Å². The standard InChI is InChI=1S/C21H26N2O4S/c1-13(2)19(21(25)22-15-7-6-8-18(11-15)28-5)23-20(24)14-9-16(26-3)12-17(10-14)27-4/h6-13,19H,1-5H3,(H,22,25)(H,23,24). The number of amides is 2. The van der Waals surface area contributed by atoms with Gasteiger partial charge >= 0.3 is 0 Å². The second-order valence-electron chi connectivity index (χ2n) is 6.52. The molecule has 0 aromatic heterocycles. The van der Waals surface area contributed by atoms with E-state index >= 15 is 0 Å². The number of benzene rings is 2. The molecule has 2 rings (SSSR count). The molecule has 0 aliphatic heterocycles. The Balaban J connectivity index is 2.17. The number of carbonyl (C=O) groups excluding carboxylic acids is 2. The average Bonchev–Trinajstić information content (AvgIpc) is 2.70. The lowest BCUT2D eigenvalue weighted by Crippen LogP contribution is -2.47. The van der Waals surface area contributed by atoms with Gasteiger partial charge in [0.15, 0.2) is 0 Å². The summed E-state index contributed by atoms with van der Waals surface area (Å²) in [6.07, 6.45) is 1.97. The lowest BCUT2D eigenvalue weighted by atomic mass is 10.0. The Labute approximate surface area is 170 Å². The minimum atomic E-state index is -0.692. The van der Waals surface area contributed by atoms with Gasteiger partial charge in [-0.1, -0.05) is 19.9 Å². The number of hydrogen-bond acceptors (Lipinski definition) is 5. The predicted molar refractivity (Wildman–Crippen MR) is 112 cm³/mol. The average molecular weight is 403 g/mol. The van der Waals surface area contributed by atoms with E-state index in [0.717, 1.165) is 4.90 Å². The zero-order valence-corrected chi connectivity index (χ0v) is 17.6. The third kappa shape index (κ3) is 5.66. The van der Waals surface area contributed by atoms with E-state index < -0.39 is 6.04 Å². The van der Waals surface area contributed by atoms with Crippen LogP contribution in [0.1, 0.15) is 24.2 Å². The summed E-state index contributed by atoms with van der Waals surface area (Å²) in [7, 11) is 3.03. The molecule has 7 heteroatoms. The first-order valence-electron chi connectivity index (χ1n) is 8.86. The first-order chi connectivity index (χ1) is 13.4. The van der Waals surface area contributed by atoms with Crippen molar-refractivity contribution in [3.05, 3.63) is 48.0 Å². The van der Waals surface area contributed by atoms with Gasteiger partial charge in [-0.2, -0.15) is 0 Å². The molecular formula is C21H26N2O4S. The van der Waals surface area contributed by atoms with Gasteiger partial charge < -0.3 is 20.1 Å². The Morgan fingerprint density at radius 2 is 1.64 bits per heavy atom. The molecule has 2 amide bonds. The Morgan fingerprint density at radius 3 is 2.18 bits per heavy atom. The Kier molecular flexibility index (Phi) is 7.75. The SMILES string of the molecule is COc1cc(OC)cc(C(=O)NC(C(=O)Nc2cccc(SC)c2)C(C)C)c1. The van der Waals surface area contributed by atoms with Crippen LogP contribution in [0.5, 0.6) is 11.5 Å². The van der Waals surface area contributed by atoms with Gasteiger partial charge in [0.05, 0.1) is 14.2 Å². The number of ether oxygens (including phenoxy) is 2. The predicted octanol–water partition coefficient (Wildman–Crippen LogP) is 3.82. The van der Waals surface area contributed by atoms with Crippen molar-refractivity contribution in [1.82, 2.24) is 5.32 Å². The maximum atomic E-state index is 12.8. The lowest BCUT2D eigenvalue weighted by molar-refractivity contribution is -0.118. The summed E-state index contributed by atoms with van der Waals surface area (Å²) in [6.45, 7) is 3.77. The Bertz CT molecular complexity index is 817. The zero-order valence-electron chi connectivity index (χ0n) is 16.7. The fraction of sp³-hybridized carbons (Fsp3) is 0.333. The summed E-state index contributed by atoms with van der Waals surface area (Å²) >= 11 is 1.59. The molecule has 1 unspecified atom stereocenters. The molecule has 6 nitrogen and oxygen atoms in total. The van der Waals surface area contributed by atoms with Crippen molar-refractivity contribution in [3.63, 3.8) is 0 Å². The van der Waals surface area contributed by atoms with Crippen LogP contribution in [0.3, 0.4) is 0 Å². The van der Waals surface area contributed by atoms with Crippen LogP contribution in [0.4, 0.5) is 5.69 Å². The van der Waals surface area contributed by atoms with Crippen molar-refractivity contribution in [2.45, 2.75) is 24.8 Å². The molecule has 0 fully saturated rings. The van der Waals surface area contributed by atoms with E-state index in [1.807, 2.05) is 44.4 Å². The van der Waals surface area contributed by atoms with Crippen LogP contribution >= 0.6 is 11.8 Å². The largest absolute Gasteiger partial charge is 0.497 e. The quantitative estimate of drug-likeness (QED) is 0.657. The van der Waals surface area contributed by atoms with Gasteiger partial charge in [0.1, 0.15) is 17.5 Å². The Hall–Kier alpha value is -2.67. The molecule has 0 aliphatic carbocycles. The van der Waals surface area contributed by atoms with Crippen molar-refractivity contribution in [2.24, 2.45) is 5.92 Å². The number of anilines is 1. The second kappa shape index (κ2) is 10.0. The molecule has 2 N–H and O–H groups in total. The molecule has 0 saturated carbocycles. The first kappa shape index (κ1) is 21.6. The highest BCUT2D eigenvalue weighted by Crippen LogP contribution is 2.23. The number of thioether (sulfide) groups is 1. The molecule has 28 heavy (non-hydrogen) atoms. The zero-order chi connectivity index (χ0) is 20.7. The fourth-order valence-electron chi connectivity index (χ4n) is 2.62. The van der Waals surface area contributed by atoms with Crippen molar-refractivity contribution in [2.75, 3.05) is 25.8 Å². The van der Waals surface area contributed by atoms with Gasteiger partial charge in [-0.25, -0.2) is 0 Å². The normalized spacial score (nSPS) is 11.6. The molecule has 0 heterocycles. The van der Waals surface area contributed by atoms with Crippen molar-refractivity contribution >= 4 is 29.3 Å². The van der Waals surface area contributed by atoms with Gasteiger partial charge in [0.25, 0.3) is 5.91 Å².